The summed E-state index contributed by atoms with van der Waals surface area (Å²) in [7, 11) is 0. The number of benzene rings is 1. The highest BCUT2D eigenvalue weighted by molar-refractivity contribution is 7.11. The zero-order valence-electron chi connectivity index (χ0n) is 22.2. The van der Waals surface area contributed by atoms with Crippen molar-refractivity contribution in [1.29, 1.82) is 0 Å². The summed E-state index contributed by atoms with van der Waals surface area (Å²) in [4.78, 5) is 37.9. The molecule has 2 N–H and O–H groups in total. The van der Waals surface area contributed by atoms with Crippen LogP contribution >= 0.6 is 22.9 Å². The van der Waals surface area contributed by atoms with Crippen LogP contribution in [-0.2, 0) is 16.0 Å². The first-order valence-corrected chi connectivity index (χ1v) is 14.4. The highest BCUT2D eigenvalue weighted by Gasteiger charge is 2.38. The van der Waals surface area contributed by atoms with Crippen LogP contribution in [0.4, 0.5) is 8.78 Å². The molecule has 1 atom stereocenters. The zero-order valence-corrected chi connectivity index (χ0v) is 23.8. The molecule has 1 saturated carbocycles. The van der Waals surface area contributed by atoms with Gasteiger partial charge in [-0.1, -0.05) is 17.7 Å². The van der Waals surface area contributed by atoms with Gasteiger partial charge in [0.2, 0.25) is 0 Å². The molecule has 0 bridgehead atoms. The van der Waals surface area contributed by atoms with Crippen LogP contribution in [0.3, 0.4) is 0 Å². The highest BCUT2D eigenvalue weighted by atomic mass is 35.5. The van der Waals surface area contributed by atoms with E-state index in [0.717, 1.165) is 18.9 Å². The van der Waals surface area contributed by atoms with Crippen LogP contribution in [0.15, 0.2) is 44.4 Å². The van der Waals surface area contributed by atoms with Crippen LogP contribution in [0, 0.1) is 30.4 Å². The fourth-order valence-electron chi connectivity index (χ4n) is 5.39. The van der Waals surface area contributed by atoms with E-state index in [1.165, 1.54) is 17.4 Å². The first-order valence-electron chi connectivity index (χ1n) is 13.2. The lowest BCUT2D eigenvalue weighted by Crippen LogP contribution is -2.38. The van der Waals surface area contributed by atoms with Crippen molar-refractivity contribution in [2.75, 3.05) is 6.61 Å². The van der Waals surface area contributed by atoms with Crippen molar-refractivity contribution >= 4 is 40.7 Å². The van der Waals surface area contributed by atoms with Crippen LogP contribution in [0.25, 0.3) is 0 Å². The number of carbonyl (C=O) groups is 2. The molecule has 216 valence electrons. The summed E-state index contributed by atoms with van der Waals surface area (Å²) in [6, 6.07) is 1.25. The number of rotatable bonds is 8. The molecule has 41 heavy (non-hydrogen) atoms. The molecule has 1 fully saturated rings. The normalized spacial score (nSPS) is 20.9. The SMILES string of the molecule is CCOC(=O)C1=C(C2CCC(Cc3nc(C(=O)O)c(C)o3)CC2)NC(c2nccs2)=NC1c1ccc(F)c(F)c1Cl. The van der Waals surface area contributed by atoms with Crippen LogP contribution in [0.5, 0.6) is 0 Å². The highest BCUT2D eigenvalue weighted by Crippen LogP contribution is 2.43. The number of halogens is 3. The first kappa shape index (κ1) is 28.9. The minimum atomic E-state index is -1.22. The number of nitrogens with one attached hydrogen (secondary N) is 1. The number of oxazole rings is 1. The van der Waals surface area contributed by atoms with Gasteiger partial charge in [-0.3, -0.25) is 4.99 Å². The third-order valence-corrected chi connectivity index (χ3v) is 8.49. The standard InChI is InChI=1S/C28H27ClF2N4O5S/c1-3-39-28(38)19-23(15-6-4-14(5-7-15)12-18-33-22(27(36)37)13(2)40-18)34-25(26-32-10-11-41-26)35-24(19)16-8-9-17(30)21(31)20(16)29/h8-11,14-15,24H,3-7,12H2,1-2H3,(H,34,35)(H,36,37). The lowest BCUT2D eigenvalue weighted by Gasteiger charge is -2.35. The number of carboxylic acids is 1. The molecule has 2 aliphatic rings. The molecule has 0 spiro atoms. The third-order valence-electron chi connectivity index (χ3n) is 7.33. The second kappa shape index (κ2) is 12.1. The maximum Gasteiger partial charge on any atom is 0.358 e. The van der Waals surface area contributed by atoms with Gasteiger partial charge in [0.15, 0.2) is 34.1 Å². The molecular formula is C28H27ClF2N4O5S. The zero-order chi connectivity index (χ0) is 29.3. The Morgan fingerprint density at radius 2 is 2.00 bits per heavy atom. The lowest BCUT2D eigenvalue weighted by molar-refractivity contribution is -0.139. The number of aryl methyl sites for hydroxylation is 1. The molecular weight excluding hydrogens is 578 g/mol. The number of nitrogens with zero attached hydrogens (tertiary/aromatic N) is 3. The Hall–Kier alpha value is -3.64. The maximum absolute atomic E-state index is 14.6. The fraction of sp³-hybridized carbons (Fsp3) is 0.393. The average Bonchev–Trinajstić information content (AvgIpc) is 3.62. The lowest BCUT2D eigenvalue weighted by atomic mass is 9.77. The Morgan fingerprint density at radius 3 is 2.63 bits per heavy atom. The van der Waals surface area contributed by atoms with E-state index < -0.39 is 34.6 Å². The van der Waals surface area contributed by atoms with Gasteiger partial charge in [-0.05, 0) is 57.4 Å². The summed E-state index contributed by atoms with van der Waals surface area (Å²) in [5.41, 5.74) is 0.843. The van der Waals surface area contributed by atoms with E-state index in [2.05, 4.69) is 15.3 Å². The molecule has 1 unspecified atom stereocenters. The number of hydrogen-bond donors (Lipinski definition) is 2. The van der Waals surface area contributed by atoms with E-state index in [4.69, 9.17) is 25.7 Å². The number of aliphatic imine (C=N–C) groups is 1. The molecule has 2 aromatic heterocycles. The number of allylic oxidation sites excluding steroid dienone is 1. The number of carboxylic acid groups (broad SMARTS) is 1. The molecule has 1 aliphatic carbocycles. The predicted molar refractivity (Wildman–Crippen MR) is 147 cm³/mol. The molecule has 13 heteroatoms. The Bertz CT molecular complexity index is 1530. The second-order valence-electron chi connectivity index (χ2n) is 9.89. The summed E-state index contributed by atoms with van der Waals surface area (Å²) < 4.78 is 39.5. The van der Waals surface area contributed by atoms with Gasteiger partial charge in [-0.25, -0.2) is 28.3 Å². The summed E-state index contributed by atoms with van der Waals surface area (Å²) in [5.74, 6) is -2.93. The Morgan fingerprint density at radius 1 is 1.24 bits per heavy atom. The Kier molecular flexibility index (Phi) is 8.50. The Labute approximate surface area is 243 Å². The summed E-state index contributed by atoms with van der Waals surface area (Å²) >= 11 is 7.61. The molecule has 1 aromatic carbocycles. The molecule has 3 aromatic rings. The van der Waals surface area contributed by atoms with Gasteiger partial charge in [-0.15, -0.1) is 11.3 Å². The van der Waals surface area contributed by atoms with Crippen LogP contribution in [0.1, 0.15) is 71.4 Å². The number of esters is 1. The molecule has 0 radical (unpaired) electrons. The van der Waals surface area contributed by atoms with Crippen molar-refractivity contribution in [3.05, 3.63) is 79.6 Å². The van der Waals surface area contributed by atoms with Crippen LogP contribution in [-0.4, -0.2) is 39.5 Å². The summed E-state index contributed by atoms with van der Waals surface area (Å²) in [5, 5.41) is 14.5. The number of ether oxygens (including phenoxy) is 1. The number of carbonyl (C=O) groups excluding carboxylic acids is 1. The number of thiazole rings is 1. The largest absolute Gasteiger partial charge is 0.476 e. The van der Waals surface area contributed by atoms with E-state index >= 15 is 0 Å². The molecule has 1 aliphatic heterocycles. The predicted octanol–water partition coefficient (Wildman–Crippen LogP) is 6.03. The van der Waals surface area contributed by atoms with Gasteiger partial charge in [0.1, 0.15) is 11.8 Å². The minimum absolute atomic E-state index is 0.0831. The monoisotopic (exact) mass is 604 g/mol. The van der Waals surface area contributed by atoms with E-state index in [-0.39, 0.29) is 41.0 Å². The molecule has 3 heterocycles. The molecule has 0 amide bonds. The van der Waals surface area contributed by atoms with E-state index in [9.17, 15) is 23.5 Å². The van der Waals surface area contributed by atoms with Crippen molar-refractivity contribution in [2.24, 2.45) is 16.8 Å². The third kappa shape index (κ3) is 5.89. The quantitative estimate of drug-likeness (QED) is 0.236. The Balaban J connectivity index is 1.48. The summed E-state index contributed by atoms with van der Waals surface area (Å²) in [6.07, 6.45) is 5.01. The second-order valence-corrected chi connectivity index (χ2v) is 11.2. The number of hydrogen-bond acceptors (Lipinski definition) is 9. The van der Waals surface area contributed by atoms with Gasteiger partial charge >= 0.3 is 11.9 Å². The van der Waals surface area contributed by atoms with Crippen molar-refractivity contribution in [1.82, 2.24) is 15.3 Å². The van der Waals surface area contributed by atoms with Crippen molar-refractivity contribution in [3.8, 4) is 0 Å². The van der Waals surface area contributed by atoms with E-state index in [0.29, 0.717) is 41.7 Å². The number of aromatic nitrogens is 2. The molecule has 5 rings (SSSR count). The van der Waals surface area contributed by atoms with Crippen molar-refractivity contribution in [2.45, 2.75) is 52.0 Å². The summed E-state index contributed by atoms with van der Waals surface area (Å²) in [6.45, 7) is 3.37. The topological polar surface area (TPSA) is 127 Å². The smallest absolute Gasteiger partial charge is 0.358 e. The van der Waals surface area contributed by atoms with Crippen molar-refractivity contribution in [3.63, 3.8) is 0 Å². The van der Waals surface area contributed by atoms with Gasteiger partial charge < -0.3 is 19.6 Å². The first-order chi connectivity index (χ1) is 19.7. The van der Waals surface area contributed by atoms with E-state index in [1.54, 1.807) is 25.4 Å². The minimum Gasteiger partial charge on any atom is -0.476 e. The molecule has 0 saturated heterocycles. The van der Waals surface area contributed by atoms with Crippen LogP contribution in [0.2, 0.25) is 5.02 Å². The maximum atomic E-state index is 14.6. The van der Waals surface area contributed by atoms with Gasteiger partial charge in [0, 0.05) is 29.3 Å². The molecule has 9 nitrogen and oxygen atoms in total. The fourth-order valence-corrected chi connectivity index (χ4v) is 6.23. The number of amidine groups is 1. The van der Waals surface area contributed by atoms with E-state index in [1.807, 2.05) is 0 Å². The van der Waals surface area contributed by atoms with Crippen molar-refractivity contribution < 1.29 is 32.6 Å². The van der Waals surface area contributed by atoms with Gasteiger partial charge in [0.25, 0.3) is 0 Å². The average molecular weight is 605 g/mol. The van der Waals surface area contributed by atoms with Gasteiger partial charge in [-0.2, -0.15) is 0 Å². The van der Waals surface area contributed by atoms with Gasteiger partial charge in [0.05, 0.1) is 17.2 Å². The number of aromatic carboxylic acids is 1. The van der Waals surface area contributed by atoms with Crippen LogP contribution < -0.4 is 5.32 Å².